The molecule has 0 amide bonds. The van der Waals surface area contributed by atoms with Gasteiger partial charge >= 0.3 is 0 Å². The van der Waals surface area contributed by atoms with E-state index in [4.69, 9.17) is 0 Å². The third-order valence-electron chi connectivity index (χ3n) is 6.47. The molecule has 4 aromatic rings. The van der Waals surface area contributed by atoms with E-state index < -0.39 is 0 Å². The van der Waals surface area contributed by atoms with Crippen molar-refractivity contribution in [3.8, 4) is 5.75 Å². The predicted octanol–water partition coefficient (Wildman–Crippen LogP) is 4.64. The molecule has 4 nitrogen and oxygen atoms in total. The van der Waals surface area contributed by atoms with Crippen molar-refractivity contribution in [1.82, 2.24) is 9.47 Å². The highest BCUT2D eigenvalue weighted by molar-refractivity contribution is 6.17. The van der Waals surface area contributed by atoms with Crippen molar-refractivity contribution < 1.29 is 9.90 Å². The molecular weight excluding hydrogens is 360 g/mol. The molecule has 2 aliphatic rings. The molecule has 0 fully saturated rings. The molecule has 0 saturated heterocycles. The van der Waals surface area contributed by atoms with Crippen LogP contribution in [0.25, 0.3) is 21.8 Å². The van der Waals surface area contributed by atoms with Crippen LogP contribution >= 0.6 is 0 Å². The molecule has 0 aliphatic carbocycles. The Labute approximate surface area is 169 Å². The van der Waals surface area contributed by atoms with Gasteiger partial charge in [0.05, 0.1) is 11.0 Å². The summed E-state index contributed by atoms with van der Waals surface area (Å²) in [6.45, 7) is 2.91. The largest absolute Gasteiger partial charge is 0.508 e. The molecule has 1 N–H and O–H groups in total. The summed E-state index contributed by atoms with van der Waals surface area (Å²) in [4.78, 5) is 15.3. The zero-order valence-corrected chi connectivity index (χ0v) is 16.2. The molecule has 0 spiro atoms. The quantitative estimate of drug-likeness (QED) is 0.549. The minimum Gasteiger partial charge on any atom is -0.508 e. The van der Waals surface area contributed by atoms with Crippen LogP contribution in [0.15, 0.2) is 54.6 Å². The van der Waals surface area contributed by atoms with Crippen molar-refractivity contribution in [3.05, 3.63) is 76.9 Å². The zero-order valence-electron chi connectivity index (χ0n) is 16.2. The molecule has 3 heterocycles. The Morgan fingerprint density at radius 3 is 2.66 bits per heavy atom. The summed E-state index contributed by atoms with van der Waals surface area (Å²) in [5, 5.41) is 12.3. The number of carbonyl (C=O) groups excluding carboxylic acids is 1. The summed E-state index contributed by atoms with van der Waals surface area (Å²) in [6, 6.07) is 18.4. The molecule has 0 unspecified atom stereocenters. The van der Waals surface area contributed by atoms with E-state index in [-0.39, 0.29) is 11.7 Å². The Kier molecular flexibility index (Phi) is 3.59. The van der Waals surface area contributed by atoms with Gasteiger partial charge in [0, 0.05) is 42.9 Å². The number of aryl methyl sites for hydroxylation is 1. The summed E-state index contributed by atoms with van der Waals surface area (Å²) in [7, 11) is 0. The van der Waals surface area contributed by atoms with Crippen molar-refractivity contribution >= 4 is 27.7 Å². The standard InChI is InChI=1S/C25H22N2O2/c28-19-7-8-21-22(13-19)27-23(29)9-6-17-12-18-15-26(14-16-4-2-1-3-5-16)11-10-20(18)24(21)25(17)27/h1-5,7-8,12-13,28H,6,9-11,14-15H2. The topological polar surface area (TPSA) is 45.5 Å². The average Bonchev–Trinajstić information content (AvgIpc) is 3.07. The van der Waals surface area contributed by atoms with E-state index in [1.807, 2.05) is 10.6 Å². The van der Waals surface area contributed by atoms with E-state index in [0.717, 1.165) is 48.9 Å². The fourth-order valence-electron chi connectivity index (χ4n) is 5.21. The van der Waals surface area contributed by atoms with E-state index in [9.17, 15) is 9.90 Å². The fraction of sp³-hybridized carbons (Fsp3) is 0.240. The Bertz CT molecular complexity index is 1290. The Balaban J connectivity index is 1.53. The summed E-state index contributed by atoms with van der Waals surface area (Å²) in [5.74, 6) is 0.337. The molecule has 0 radical (unpaired) electrons. The maximum Gasteiger partial charge on any atom is 0.231 e. The van der Waals surface area contributed by atoms with Gasteiger partial charge in [0.2, 0.25) is 5.91 Å². The average molecular weight is 382 g/mol. The Morgan fingerprint density at radius 1 is 0.931 bits per heavy atom. The lowest BCUT2D eigenvalue weighted by molar-refractivity contribution is 0.0908. The van der Waals surface area contributed by atoms with Crippen LogP contribution in [0.5, 0.6) is 5.75 Å². The first kappa shape index (κ1) is 16.8. The smallest absolute Gasteiger partial charge is 0.231 e. The van der Waals surface area contributed by atoms with Crippen LogP contribution in [-0.2, 0) is 25.9 Å². The highest BCUT2D eigenvalue weighted by Crippen LogP contribution is 2.41. The van der Waals surface area contributed by atoms with E-state index >= 15 is 0 Å². The van der Waals surface area contributed by atoms with Gasteiger partial charge in [0.15, 0.2) is 0 Å². The molecule has 0 bridgehead atoms. The first-order valence-corrected chi connectivity index (χ1v) is 10.3. The van der Waals surface area contributed by atoms with Crippen LogP contribution in [0.1, 0.15) is 33.5 Å². The van der Waals surface area contributed by atoms with Gasteiger partial charge in [-0.1, -0.05) is 36.4 Å². The SMILES string of the molecule is O=C1CCc2cc3c(c4c5ccc(O)cc5n1c24)CCN(Cc1ccccc1)C3. The lowest BCUT2D eigenvalue weighted by atomic mass is 9.90. The van der Waals surface area contributed by atoms with Gasteiger partial charge in [-0.05, 0) is 47.2 Å². The fourth-order valence-corrected chi connectivity index (χ4v) is 5.21. The number of carbonyl (C=O) groups is 1. The van der Waals surface area contributed by atoms with Crippen LogP contribution in [0.4, 0.5) is 0 Å². The highest BCUT2D eigenvalue weighted by atomic mass is 16.3. The molecule has 0 atom stereocenters. The number of hydrogen-bond acceptors (Lipinski definition) is 3. The summed E-state index contributed by atoms with van der Waals surface area (Å²) in [6.07, 6.45) is 2.30. The van der Waals surface area contributed by atoms with Gasteiger partial charge in [-0.25, -0.2) is 0 Å². The number of phenols is 1. The van der Waals surface area contributed by atoms with Crippen LogP contribution in [0, 0.1) is 0 Å². The molecule has 29 heavy (non-hydrogen) atoms. The van der Waals surface area contributed by atoms with Gasteiger partial charge in [-0.2, -0.15) is 0 Å². The molecule has 2 aliphatic heterocycles. The van der Waals surface area contributed by atoms with Crippen molar-refractivity contribution in [2.24, 2.45) is 0 Å². The summed E-state index contributed by atoms with van der Waals surface area (Å²) in [5.41, 5.74) is 7.27. The lowest BCUT2D eigenvalue weighted by Crippen LogP contribution is -2.30. The van der Waals surface area contributed by atoms with Crippen molar-refractivity contribution in [2.45, 2.75) is 32.4 Å². The normalized spacial score (nSPS) is 16.5. The number of fused-ring (bicyclic) bond motifs is 5. The van der Waals surface area contributed by atoms with Crippen LogP contribution in [0.3, 0.4) is 0 Å². The molecule has 6 rings (SSSR count). The first-order chi connectivity index (χ1) is 14.2. The van der Waals surface area contributed by atoms with Crippen LogP contribution in [-0.4, -0.2) is 27.0 Å². The number of phenolic OH excluding ortho intramolecular Hbond substituents is 1. The van der Waals surface area contributed by atoms with E-state index in [2.05, 4.69) is 41.3 Å². The molecule has 3 aromatic carbocycles. The molecule has 144 valence electrons. The van der Waals surface area contributed by atoms with E-state index in [1.54, 1.807) is 12.1 Å². The van der Waals surface area contributed by atoms with Gasteiger partial charge in [0.1, 0.15) is 5.75 Å². The minimum absolute atomic E-state index is 0.129. The first-order valence-electron chi connectivity index (χ1n) is 10.3. The second-order valence-electron chi connectivity index (χ2n) is 8.27. The lowest BCUT2D eigenvalue weighted by Gasteiger charge is -2.30. The van der Waals surface area contributed by atoms with Gasteiger partial charge < -0.3 is 5.11 Å². The third-order valence-corrected chi connectivity index (χ3v) is 6.47. The molecule has 1 aromatic heterocycles. The van der Waals surface area contributed by atoms with Crippen LogP contribution in [0.2, 0.25) is 0 Å². The molecule has 4 heteroatoms. The minimum atomic E-state index is 0.129. The van der Waals surface area contributed by atoms with Gasteiger partial charge in [-0.15, -0.1) is 0 Å². The number of benzene rings is 3. The third kappa shape index (κ3) is 2.52. The monoisotopic (exact) mass is 382 g/mol. The molecular formula is C25H22N2O2. The summed E-state index contributed by atoms with van der Waals surface area (Å²) < 4.78 is 1.85. The number of nitrogens with zero attached hydrogens (tertiary/aromatic N) is 2. The number of rotatable bonds is 2. The number of aromatic hydroxyl groups is 1. The zero-order chi connectivity index (χ0) is 19.5. The second-order valence-corrected chi connectivity index (χ2v) is 8.27. The number of aromatic nitrogens is 1. The Morgan fingerprint density at radius 2 is 1.79 bits per heavy atom. The van der Waals surface area contributed by atoms with E-state index in [1.165, 1.54) is 27.6 Å². The van der Waals surface area contributed by atoms with Crippen molar-refractivity contribution in [2.75, 3.05) is 6.54 Å². The maximum absolute atomic E-state index is 12.8. The predicted molar refractivity (Wildman–Crippen MR) is 114 cm³/mol. The van der Waals surface area contributed by atoms with Crippen molar-refractivity contribution in [3.63, 3.8) is 0 Å². The molecule has 0 saturated carbocycles. The van der Waals surface area contributed by atoms with Gasteiger partial charge in [0.25, 0.3) is 0 Å². The second kappa shape index (κ2) is 6.19. The van der Waals surface area contributed by atoms with E-state index in [0.29, 0.717) is 6.42 Å². The maximum atomic E-state index is 12.8. The van der Waals surface area contributed by atoms with Crippen molar-refractivity contribution in [1.29, 1.82) is 0 Å². The summed E-state index contributed by atoms with van der Waals surface area (Å²) >= 11 is 0. The number of hydrogen-bond donors (Lipinski definition) is 1. The highest BCUT2D eigenvalue weighted by Gasteiger charge is 2.28. The van der Waals surface area contributed by atoms with Gasteiger partial charge in [-0.3, -0.25) is 14.3 Å². The Hall–Kier alpha value is -3.11. The van der Waals surface area contributed by atoms with Crippen LogP contribution < -0.4 is 0 Å².